The second kappa shape index (κ2) is 7.13. The summed E-state index contributed by atoms with van der Waals surface area (Å²) in [7, 11) is 0. The van der Waals surface area contributed by atoms with E-state index in [1.54, 1.807) is 0 Å². The molecule has 3 nitrogen and oxygen atoms in total. The molecule has 1 aliphatic heterocycles. The summed E-state index contributed by atoms with van der Waals surface area (Å²) >= 11 is 0. The summed E-state index contributed by atoms with van der Waals surface area (Å²) in [4.78, 5) is 13.6. The van der Waals surface area contributed by atoms with E-state index >= 15 is 0 Å². The van der Waals surface area contributed by atoms with Crippen molar-refractivity contribution < 1.29 is 35.9 Å². The zero-order valence-electron chi connectivity index (χ0n) is 13.7. The SMILES string of the molecule is O=C1c2c(cc(F)cc2C(F)(F)F)CN1Cc1ccc(OCC(F)F)cc1. The molecule has 0 N–H and O–H groups in total. The minimum atomic E-state index is -4.85. The van der Waals surface area contributed by atoms with Gasteiger partial charge in [-0.25, -0.2) is 13.2 Å². The van der Waals surface area contributed by atoms with Crippen molar-refractivity contribution in [2.45, 2.75) is 25.7 Å². The van der Waals surface area contributed by atoms with Gasteiger partial charge in [-0.15, -0.1) is 0 Å². The number of benzene rings is 2. The van der Waals surface area contributed by atoms with E-state index in [1.165, 1.54) is 24.3 Å². The van der Waals surface area contributed by atoms with Crippen LogP contribution in [0.25, 0.3) is 0 Å². The molecule has 0 unspecified atom stereocenters. The van der Waals surface area contributed by atoms with Crippen LogP contribution in [0, 0.1) is 5.82 Å². The van der Waals surface area contributed by atoms with Crippen LogP contribution in [0.2, 0.25) is 0 Å². The highest BCUT2D eigenvalue weighted by atomic mass is 19.4. The summed E-state index contributed by atoms with van der Waals surface area (Å²) in [5, 5.41) is 0. The van der Waals surface area contributed by atoms with Crippen molar-refractivity contribution in [1.29, 1.82) is 0 Å². The normalized spacial score (nSPS) is 14.0. The molecule has 0 aromatic heterocycles. The number of rotatable bonds is 5. The third-order valence-electron chi connectivity index (χ3n) is 4.03. The first-order valence-corrected chi connectivity index (χ1v) is 7.84. The Hall–Kier alpha value is -2.71. The molecule has 1 aliphatic rings. The standard InChI is InChI=1S/C18H13F6NO2/c19-12-5-11-8-25(17(26)16(11)14(6-12)18(22,23)24)7-10-1-3-13(4-2-10)27-9-15(20)21/h1-6,15H,7-9H2. The maximum Gasteiger partial charge on any atom is 0.417 e. The number of amides is 1. The number of nitrogens with zero attached hydrogens (tertiary/aromatic N) is 1. The fraction of sp³-hybridized carbons (Fsp3) is 0.278. The van der Waals surface area contributed by atoms with E-state index in [0.29, 0.717) is 11.6 Å². The average molecular weight is 389 g/mol. The smallest absolute Gasteiger partial charge is 0.417 e. The summed E-state index contributed by atoms with van der Waals surface area (Å²) in [6.45, 7) is -0.925. The summed E-state index contributed by atoms with van der Waals surface area (Å²) in [5.41, 5.74) is -1.29. The maximum atomic E-state index is 13.5. The number of hydrogen-bond acceptors (Lipinski definition) is 2. The van der Waals surface area contributed by atoms with Crippen molar-refractivity contribution in [2.75, 3.05) is 6.61 Å². The Labute approximate surface area is 150 Å². The van der Waals surface area contributed by atoms with Crippen molar-refractivity contribution in [3.8, 4) is 5.75 Å². The van der Waals surface area contributed by atoms with Gasteiger partial charge in [0.25, 0.3) is 12.3 Å². The van der Waals surface area contributed by atoms with Gasteiger partial charge in [0.2, 0.25) is 0 Å². The number of carbonyl (C=O) groups is 1. The largest absolute Gasteiger partial charge is 0.488 e. The lowest BCUT2D eigenvalue weighted by Gasteiger charge is -2.16. The summed E-state index contributed by atoms with van der Waals surface area (Å²) in [5.74, 6) is -1.69. The van der Waals surface area contributed by atoms with Crippen LogP contribution in [-0.4, -0.2) is 23.8 Å². The topological polar surface area (TPSA) is 29.5 Å². The number of halogens is 6. The number of ether oxygens (including phenoxy) is 1. The zero-order valence-corrected chi connectivity index (χ0v) is 13.7. The molecule has 0 saturated carbocycles. The molecule has 0 radical (unpaired) electrons. The molecule has 144 valence electrons. The Balaban J connectivity index is 1.77. The van der Waals surface area contributed by atoms with Crippen LogP contribution in [0.15, 0.2) is 36.4 Å². The molecule has 2 aromatic rings. The van der Waals surface area contributed by atoms with Crippen LogP contribution in [0.5, 0.6) is 5.75 Å². The van der Waals surface area contributed by atoms with Gasteiger partial charge < -0.3 is 9.64 Å². The zero-order chi connectivity index (χ0) is 19.8. The van der Waals surface area contributed by atoms with Crippen molar-refractivity contribution >= 4 is 5.91 Å². The van der Waals surface area contributed by atoms with Gasteiger partial charge in [0, 0.05) is 13.1 Å². The molecule has 0 saturated heterocycles. The van der Waals surface area contributed by atoms with E-state index < -0.39 is 42.1 Å². The monoisotopic (exact) mass is 389 g/mol. The minimum absolute atomic E-state index is 0.0123. The Morgan fingerprint density at radius 1 is 1.11 bits per heavy atom. The van der Waals surface area contributed by atoms with Crippen LogP contribution in [0.4, 0.5) is 26.3 Å². The minimum Gasteiger partial charge on any atom is -0.488 e. The Kier molecular flexibility index (Phi) is 5.03. The fourth-order valence-corrected chi connectivity index (χ4v) is 2.90. The summed E-state index contributed by atoms with van der Waals surface area (Å²) in [6.07, 6.45) is -7.46. The number of fused-ring (bicyclic) bond motifs is 1. The van der Waals surface area contributed by atoms with Gasteiger partial charge in [-0.3, -0.25) is 4.79 Å². The van der Waals surface area contributed by atoms with E-state index in [9.17, 15) is 31.1 Å². The molecule has 0 bridgehead atoms. The first-order chi connectivity index (χ1) is 12.6. The van der Waals surface area contributed by atoms with Crippen LogP contribution in [-0.2, 0) is 19.3 Å². The van der Waals surface area contributed by atoms with Gasteiger partial charge in [-0.1, -0.05) is 12.1 Å². The van der Waals surface area contributed by atoms with E-state index in [1.807, 2.05) is 0 Å². The second-order valence-corrected chi connectivity index (χ2v) is 5.99. The van der Waals surface area contributed by atoms with Gasteiger partial charge >= 0.3 is 6.18 Å². The van der Waals surface area contributed by atoms with Gasteiger partial charge in [-0.2, -0.15) is 13.2 Å². The molecule has 3 rings (SSSR count). The fourth-order valence-electron chi connectivity index (χ4n) is 2.90. The first-order valence-electron chi connectivity index (χ1n) is 7.84. The molecule has 2 aromatic carbocycles. The molecule has 1 heterocycles. The quantitative estimate of drug-likeness (QED) is 0.697. The first kappa shape index (κ1) is 19.1. The maximum absolute atomic E-state index is 13.5. The van der Waals surface area contributed by atoms with E-state index in [2.05, 4.69) is 0 Å². The van der Waals surface area contributed by atoms with E-state index in [4.69, 9.17) is 4.74 Å². The molecule has 0 atom stereocenters. The van der Waals surface area contributed by atoms with Crippen LogP contribution >= 0.6 is 0 Å². The molecule has 9 heteroatoms. The Bertz CT molecular complexity index is 848. The predicted octanol–water partition coefficient (Wildman–Crippen LogP) is 4.64. The third kappa shape index (κ3) is 4.17. The van der Waals surface area contributed by atoms with Crippen LogP contribution in [0.1, 0.15) is 27.0 Å². The number of hydrogen-bond donors (Lipinski definition) is 0. The lowest BCUT2D eigenvalue weighted by atomic mass is 10.0. The van der Waals surface area contributed by atoms with Crippen LogP contribution in [0.3, 0.4) is 0 Å². The molecular formula is C18H13F6NO2. The van der Waals surface area contributed by atoms with Crippen molar-refractivity contribution in [2.24, 2.45) is 0 Å². The second-order valence-electron chi connectivity index (χ2n) is 5.99. The van der Waals surface area contributed by atoms with Gasteiger partial charge in [0.15, 0.2) is 0 Å². The number of carbonyl (C=O) groups excluding carboxylic acids is 1. The lowest BCUT2D eigenvalue weighted by Crippen LogP contribution is -2.24. The van der Waals surface area contributed by atoms with Gasteiger partial charge in [-0.05, 0) is 35.4 Å². The molecule has 0 fully saturated rings. The van der Waals surface area contributed by atoms with Crippen molar-refractivity contribution in [3.63, 3.8) is 0 Å². The van der Waals surface area contributed by atoms with E-state index in [0.717, 1.165) is 11.0 Å². The lowest BCUT2D eigenvalue weighted by molar-refractivity contribution is -0.138. The van der Waals surface area contributed by atoms with Gasteiger partial charge in [0.1, 0.15) is 18.2 Å². The highest BCUT2D eigenvalue weighted by Crippen LogP contribution is 2.38. The Morgan fingerprint density at radius 3 is 2.37 bits per heavy atom. The van der Waals surface area contributed by atoms with Crippen molar-refractivity contribution in [3.05, 3.63) is 64.5 Å². The average Bonchev–Trinajstić information content (AvgIpc) is 2.88. The molecule has 27 heavy (non-hydrogen) atoms. The predicted molar refractivity (Wildman–Crippen MR) is 82.9 cm³/mol. The van der Waals surface area contributed by atoms with Crippen molar-refractivity contribution in [1.82, 2.24) is 4.90 Å². The summed E-state index contributed by atoms with van der Waals surface area (Å²) in [6, 6.07) is 7.11. The Morgan fingerprint density at radius 2 is 1.78 bits per heavy atom. The third-order valence-corrected chi connectivity index (χ3v) is 4.03. The summed E-state index contributed by atoms with van der Waals surface area (Å²) < 4.78 is 81.9. The van der Waals surface area contributed by atoms with E-state index in [-0.39, 0.29) is 24.4 Å². The molecule has 0 spiro atoms. The highest BCUT2D eigenvalue weighted by Gasteiger charge is 2.41. The highest BCUT2D eigenvalue weighted by molar-refractivity contribution is 6.00. The molecule has 1 amide bonds. The molecular weight excluding hydrogens is 376 g/mol. The molecule has 0 aliphatic carbocycles. The van der Waals surface area contributed by atoms with Gasteiger partial charge in [0.05, 0.1) is 11.1 Å². The van der Waals surface area contributed by atoms with Crippen LogP contribution < -0.4 is 4.74 Å². The number of alkyl halides is 5.